The number of benzene rings is 1. The van der Waals surface area contributed by atoms with Crippen LogP contribution in [0.5, 0.6) is 0 Å². The molecule has 1 aliphatic rings. The zero-order chi connectivity index (χ0) is 13.8. The third kappa shape index (κ3) is 3.80. The number of rotatable bonds is 3. The molecule has 0 N–H and O–H groups in total. The lowest BCUT2D eigenvalue weighted by molar-refractivity contribution is -0.749. The monoisotopic (exact) mass is 349 g/mol. The maximum absolute atomic E-state index is 5.42. The standard InChI is InChI=1S/C16H20N3O.BrH/c1-2-19-13-15(14-6-4-3-5-7-14)12-16(17-19)18-8-10-20-11-9-18;/h3-7,12-13H,2,8-11H2,1H3;1H/q+1;/p-1. The lowest BCUT2D eigenvalue weighted by atomic mass is 10.1. The minimum absolute atomic E-state index is 0. The van der Waals surface area contributed by atoms with Crippen molar-refractivity contribution >= 4 is 5.82 Å². The van der Waals surface area contributed by atoms with E-state index in [0.717, 1.165) is 38.7 Å². The first-order chi connectivity index (χ1) is 9.86. The second-order valence-corrected chi connectivity index (χ2v) is 4.91. The maximum Gasteiger partial charge on any atom is 0.204 e. The van der Waals surface area contributed by atoms with Crippen LogP contribution < -0.4 is 26.6 Å². The molecular formula is C16H20BrN3O. The van der Waals surface area contributed by atoms with Crippen molar-refractivity contribution in [2.75, 3.05) is 31.2 Å². The van der Waals surface area contributed by atoms with Crippen LogP contribution in [0.15, 0.2) is 42.6 Å². The lowest BCUT2D eigenvalue weighted by Gasteiger charge is -2.26. The number of aromatic nitrogens is 2. The van der Waals surface area contributed by atoms with Gasteiger partial charge in [0.2, 0.25) is 6.20 Å². The predicted molar refractivity (Wildman–Crippen MR) is 78.6 cm³/mol. The molecule has 1 fully saturated rings. The molecule has 0 saturated carbocycles. The zero-order valence-corrected chi connectivity index (χ0v) is 13.8. The van der Waals surface area contributed by atoms with E-state index in [1.54, 1.807) is 0 Å². The summed E-state index contributed by atoms with van der Waals surface area (Å²) in [6.07, 6.45) is 2.11. The molecule has 2 heterocycles. The summed E-state index contributed by atoms with van der Waals surface area (Å²) in [5.74, 6) is 1.04. The summed E-state index contributed by atoms with van der Waals surface area (Å²) in [4.78, 5) is 2.29. The number of morpholine rings is 1. The molecule has 1 aliphatic heterocycles. The average molecular weight is 350 g/mol. The van der Waals surface area contributed by atoms with Crippen molar-refractivity contribution in [3.8, 4) is 11.1 Å². The Labute approximate surface area is 136 Å². The highest BCUT2D eigenvalue weighted by molar-refractivity contribution is 5.64. The van der Waals surface area contributed by atoms with E-state index in [0.29, 0.717) is 0 Å². The van der Waals surface area contributed by atoms with E-state index >= 15 is 0 Å². The zero-order valence-electron chi connectivity index (χ0n) is 12.2. The topological polar surface area (TPSA) is 29.2 Å². The highest BCUT2D eigenvalue weighted by Crippen LogP contribution is 2.21. The lowest BCUT2D eigenvalue weighted by Crippen LogP contribution is -3.00. The van der Waals surface area contributed by atoms with Gasteiger partial charge in [-0.15, -0.1) is 0 Å². The molecule has 1 aromatic heterocycles. The number of hydrogen-bond acceptors (Lipinski definition) is 3. The number of nitrogens with zero attached hydrogens (tertiary/aromatic N) is 3. The minimum Gasteiger partial charge on any atom is -1.00 e. The Balaban J connectivity index is 0.00000161. The van der Waals surface area contributed by atoms with Gasteiger partial charge in [0.05, 0.1) is 18.8 Å². The Morgan fingerprint density at radius 1 is 1.14 bits per heavy atom. The van der Waals surface area contributed by atoms with Gasteiger partial charge in [0.25, 0.3) is 0 Å². The normalized spacial score (nSPS) is 14.6. The minimum atomic E-state index is 0. The Morgan fingerprint density at radius 2 is 1.86 bits per heavy atom. The van der Waals surface area contributed by atoms with Crippen molar-refractivity contribution in [3.05, 3.63) is 42.6 Å². The molecule has 4 nitrogen and oxygen atoms in total. The van der Waals surface area contributed by atoms with E-state index in [4.69, 9.17) is 4.74 Å². The van der Waals surface area contributed by atoms with Crippen molar-refractivity contribution in [2.24, 2.45) is 0 Å². The highest BCUT2D eigenvalue weighted by Gasteiger charge is 2.17. The van der Waals surface area contributed by atoms with E-state index in [9.17, 15) is 0 Å². The van der Waals surface area contributed by atoms with E-state index in [2.05, 4.69) is 53.5 Å². The molecule has 0 atom stereocenters. The van der Waals surface area contributed by atoms with Gasteiger partial charge in [0, 0.05) is 24.3 Å². The first kappa shape index (κ1) is 15.9. The molecule has 0 unspecified atom stereocenters. The predicted octanol–water partition coefficient (Wildman–Crippen LogP) is -1.10. The molecule has 112 valence electrons. The van der Waals surface area contributed by atoms with Crippen molar-refractivity contribution < 1.29 is 26.4 Å². The molecule has 1 aromatic carbocycles. The van der Waals surface area contributed by atoms with Crippen molar-refractivity contribution in [3.63, 3.8) is 0 Å². The Morgan fingerprint density at radius 3 is 2.52 bits per heavy atom. The Bertz CT molecular complexity index is 571. The van der Waals surface area contributed by atoms with Gasteiger partial charge < -0.3 is 26.6 Å². The van der Waals surface area contributed by atoms with E-state index in [1.165, 1.54) is 11.1 Å². The highest BCUT2D eigenvalue weighted by atomic mass is 79.9. The van der Waals surface area contributed by atoms with Crippen molar-refractivity contribution in [1.29, 1.82) is 0 Å². The van der Waals surface area contributed by atoms with Gasteiger partial charge in [-0.25, -0.2) is 0 Å². The van der Waals surface area contributed by atoms with Crippen LogP contribution in [0.4, 0.5) is 5.82 Å². The number of ether oxygens (including phenoxy) is 1. The first-order valence-electron chi connectivity index (χ1n) is 7.17. The molecule has 0 amide bonds. The average Bonchev–Trinajstić information content (AvgIpc) is 2.56. The van der Waals surface area contributed by atoms with Gasteiger partial charge in [-0.2, -0.15) is 0 Å². The summed E-state index contributed by atoms with van der Waals surface area (Å²) in [7, 11) is 0. The van der Waals surface area contributed by atoms with Gasteiger partial charge in [0.15, 0.2) is 12.4 Å². The summed E-state index contributed by atoms with van der Waals surface area (Å²) in [5, 5.41) is 4.69. The smallest absolute Gasteiger partial charge is 0.204 e. The molecule has 0 aliphatic carbocycles. The Hall–Kier alpha value is -1.46. The quantitative estimate of drug-likeness (QED) is 0.658. The summed E-state index contributed by atoms with van der Waals surface area (Å²) in [6.45, 7) is 6.37. The van der Waals surface area contributed by atoms with E-state index in [1.807, 2.05) is 10.7 Å². The first-order valence-corrected chi connectivity index (χ1v) is 7.17. The SMILES string of the molecule is CC[n+]1cc(-c2ccccc2)cc(N2CCOCC2)n1.[Br-]. The summed E-state index contributed by atoms with van der Waals surface area (Å²) in [5.41, 5.74) is 2.44. The second-order valence-electron chi connectivity index (χ2n) is 4.91. The van der Waals surface area contributed by atoms with E-state index in [-0.39, 0.29) is 17.0 Å². The van der Waals surface area contributed by atoms with Gasteiger partial charge >= 0.3 is 0 Å². The van der Waals surface area contributed by atoms with Gasteiger partial charge in [-0.1, -0.05) is 35.0 Å². The van der Waals surface area contributed by atoms with Crippen LogP contribution in [0.2, 0.25) is 0 Å². The fourth-order valence-corrected chi connectivity index (χ4v) is 2.42. The molecule has 21 heavy (non-hydrogen) atoms. The van der Waals surface area contributed by atoms with Crippen LogP contribution in [0, 0.1) is 0 Å². The summed E-state index contributed by atoms with van der Waals surface area (Å²) >= 11 is 0. The van der Waals surface area contributed by atoms with Gasteiger partial charge in [0.1, 0.15) is 0 Å². The second kappa shape index (κ2) is 7.52. The molecule has 2 aromatic rings. The van der Waals surface area contributed by atoms with Crippen LogP contribution >= 0.6 is 0 Å². The molecule has 5 heteroatoms. The molecule has 0 spiro atoms. The van der Waals surface area contributed by atoms with Gasteiger partial charge in [-0.05, 0) is 12.5 Å². The van der Waals surface area contributed by atoms with Crippen LogP contribution in [0.3, 0.4) is 0 Å². The number of anilines is 1. The molecule has 3 rings (SSSR count). The largest absolute Gasteiger partial charge is 1.00 e. The number of aryl methyl sites for hydroxylation is 1. The molecule has 0 bridgehead atoms. The molecule has 0 radical (unpaired) electrons. The maximum atomic E-state index is 5.42. The fourth-order valence-electron chi connectivity index (χ4n) is 2.42. The van der Waals surface area contributed by atoms with E-state index < -0.39 is 0 Å². The third-order valence-corrected chi connectivity index (χ3v) is 3.57. The Kier molecular flexibility index (Phi) is 5.70. The van der Waals surface area contributed by atoms with Crippen LogP contribution in [-0.4, -0.2) is 31.4 Å². The number of hydrogen-bond donors (Lipinski definition) is 0. The summed E-state index contributed by atoms with van der Waals surface area (Å²) in [6, 6.07) is 12.6. The molecule has 1 saturated heterocycles. The fraction of sp³-hybridized carbons (Fsp3) is 0.375. The number of halogens is 1. The molecular weight excluding hydrogens is 330 g/mol. The van der Waals surface area contributed by atoms with Crippen LogP contribution in [0.25, 0.3) is 11.1 Å². The third-order valence-electron chi connectivity index (χ3n) is 3.57. The van der Waals surface area contributed by atoms with Crippen LogP contribution in [0.1, 0.15) is 6.92 Å². The van der Waals surface area contributed by atoms with Gasteiger partial charge in [-0.3, -0.25) is 0 Å². The van der Waals surface area contributed by atoms with Crippen molar-refractivity contribution in [2.45, 2.75) is 13.5 Å². The summed E-state index contributed by atoms with van der Waals surface area (Å²) < 4.78 is 7.42. The van der Waals surface area contributed by atoms with Crippen LogP contribution in [-0.2, 0) is 11.3 Å². The van der Waals surface area contributed by atoms with Crippen molar-refractivity contribution in [1.82, 2.24) is 5.10 Å².